The fraction of sp³-hybridized carbons (Fsp3) is 0. The highest BCUT2D eigenvalue weighted by atomic mass is 79.9. The number of halogens is 1. The summed E-state index contributed by atoms with van der Waals surface area (Å²) >= 11 is 3.40. The van der Waals surface area contributed by atoms with E-state index in [1.54, 1.807) is 12.4 Å². The summed E-state index contributed by atoms with van der Waals surface area (Å²) in [6, 6.07) is 14.0. The van der Waals surface area contributed by atoms with Crippen LogP contribution in [-0.4, -0.2) is 4.98 Å². The summed E-state index contributed by atoms with van der Waals surface area (Å²) in [4.78, 5) is 4.00. The van der Waals surface area contributed by atoms with E-state index in [0.29, 0.717) is 11.4 Å². The average molecular weight is 315 g/mol. The molecule has 0 fully saturated rings. The Bertz CT molecular complexity index is 718. The van der Waals surface area contributed by atoms with Crippen LogP contribution in [0.25, 0.3) is 10.8 Å². The molecule has 1 heterocycles. The molecule has 3 aromatic rings. The molecular formula is C15H11BrN2O. The Balaban J connectivity index is 2.11. The van der Waals surface area contributed by atoms with Crippen molar-refractivity contribution in [3.05, 3.63) is 59.3 Å². The summed E-state index contributed by atoms with van der Waals surface area (Å²) in [7, 11) is 0. The number of nitrogens with two attached hydrogens (primary N) is 1. The normalized spacial score (nSPS) is 10.6. The fourth-order valence-corrected chi connectivity index (χ4v) is 2.37. The Morgan fingerprint density at radius 2 is 1.79 bits per heavy atom. The minimum Gasteiger partial charge on any atom is -0.453 e. The Hall–Kier alpha value is -2.07. The lowest BCUT2D eigenvalue weighted by molar-refractivity contribution is 0.487. The van der Waals surface area contributed by atoms with E-state index >= 15 is 0 Å². The highest BCUT2D eigenvalue weighted by Gasteiger charge is 2.09. The summed E-state index contributed by atoms with van der Waals surface area (Å²) in [5.74, 6) is 1.36. The van der Waals surface area contributed by atoms with Crippen molar-refractivity contribution in [3.8, 4) is 11.5 Å². The van der Waals surface area contributed by atoms with Gasteiger partial charge in [-0.3, -0.25) is 4.98 Å². The highest BCUT2D eigenvalue weighted by molar-refractivity contribution is 9.10. The summed E-state index contributed by atoms with van der Waals surface area (Å²) in [5, 5.41) is 2.18. The van der Waals surface area contributed by atoms with Crippen molar-refractivity contribution in [2.45, 2.75) is 0 Å². The third-order valence-electron chi connectivity index (χ3n) is 2.84. The van der Waals surface area contributed by atoms with Gasteiger partial charge in [0.25, 0.3) is 0 Å². The van der Waals surface area contributed by atoms with Crippen molar-refractivity contribution in [1.82, 2.24) is 4.98 Å². The van der Waals surface area contributed by atoms with Gasteiger partial charge < -0.3 is 10.5 Å². The lowest BCUT2D eigenvalue weighted by Crippen LogP contribution is -1.94. The quantitative estimate of drug-likeness (QED) is 0.764. The number of hydrogen-bond acceptors (Lipinski definition) is 3. The third-order valence-corrected chi connectivity index (χ3v) is 3.41. The van der Waals surface area contributed by atoms with Crippen molar-refractivity contribution in [2.75, 3.05) is 5.73 Å². The second kappa shape index (κ2) is 4.90. The van der Waals surface area contributed by atoms with Gasteiger partial charge in [0.15, 0.2) is 5.75 Å². The van der Waals surface area contributed by atoms with Gasteiger partial charge in [-0.2, -0.15) is 0 Å². The highest BCUT2D eigenvalue weighted by Crippen LogP contribution is 2.36. The van der Waals surface area contributed by atoms with E-state index in [1.807, 2.05) is 42.5 Å². The van der Waals surface area contributed by atoms with Crippen LogP contribution in [0.1, 0.15) is 0 Å². The minimum atomic E-state index is 0.502. The monoisotopic (exact) mass is 314 g/mol. The first-order valence-electron chi connectivity index (χ1n) is 5.80. The van der Waals surface area contributed by atoms with Crippen LogP contribution in [0.3, 0.4) is 0 Å². The summed E-state index contributed by atoms with van der Waals surface area (Å²) in [6.07, 6.45) is 3.24. The van der Waals surface area contributed by atoms with E-state index in [-0.39, 0.29) is 0 Å². The van der Waals surface area contributed by atoms with Crippen LogP contribution in [0, 0.1) is 0 Å². The summed E-state index contributed by atoms with van der Waals surface area (Å²) < 4.78 is 6.68. The van der Waals surface area contributed by atoms with Crippen LogP contribution < -0.4 is 10.5 Å². The molecule has 0 spiro atoms. The molecule has 1 aromatic heterocycles. The van der Waals surface area contributed by atoms with E-state index < -0.39 is 0 Å². The van der Waals surface area contributed by atoms with E-state index in [0.717, 1.165) is 21.0 Å². The van der Waals surface area contributed by atoms with Gasteiger partial charge >= 0.3 is 0 Å². The van der Waals surface area contributed by atoms with Crippen molar-refractivity contribution < 1.29 is 4.74 Å². The smallest absolute Gasteiger partial charge is 0.167 e. The lowest BCUT2D eigenvalue weighted by atomic mass is 10.1. The van der Waals surface area contributed by atoms with Gasteiger partial charge in [0.1, 0.15) is 5.75 Å². The van der Waals surface area contributed by atoms with Crippen LogP contribution in [0.5, 0.6) is 11.5 Å². The molecule has 0 bridgehead atoms. The van der Waals surface area contributed by atoms with Gasteiger partial charge in [0, 0.05) is 11.6 Å². The van der Waals surface area contributed by atoms with Crippen LogP contribution in [0.2, 0.25) is 0 Å². The fourth-order valence-electron chi connectivity index (χ4n) is 1.94. The van der Waals surface area contributed by atoms with Crippen molar-refractivity contribution in [1.29, 1.82) is 0 Å². The maximum absolute atomic E-state index is 5.94. The predicted octanol–water partition coefficient (Wildman–Crippen LogP) is 4.37. The Morgan fingerprint density at radius 1 is 1.00 bits per heavy atom. The topological polar surface area (TPSA) is 48.1 Å². The molecule has 3 rings (SSSR count). The predicted molar refractivity (Wildman–Crippen MR) is 80.4 cm³/mol. The van der Waals surface area contributed by atoms with Crippen LogP contribution in [0.15, 0.2) is 59.3 Å². The zero-order valence-corrected chi connectivity index (χ0v) is 11.6. The van der Waals surface area contributed by atoms with Crippen molar-refractivity contribution in [3.63, 3.8) is 0 Å². The molecule has 0 saturated heterocycles. The van der Waals surface area contributed by atoms with Crippen molar-refractivity contribution in [2.24, 2.45) is 0 Å². The second-order valence-electron chi connectivity index (χ2n) is 4.12. The Morgan fingerprint density at radius 3 is 2.63 bits per heavy atom. The molecular weight excluding hydrogens is 304 g/mol. The molecule has 0 atom stereocenters. The molecule has 2 aromatic carbocycles. The van der Waals surface area contributed by atoms with Gasteiger partial charge in [0.05, 0.1) is 16.4 Å². The molecule has 0 amide bonds. The summed E-state index contributed by atoms with van der Waals surface area (Å²) in [5.41, 5.74) is 6.40. The number of pyridine rings is 1. The average Bonchev–Trinajstić information content (AvgIpc) is 2.43. The molecule has 94 valence electrons. The first-order valence-corrected chi connectivity index (χ1v) is 6.59. The summed E-state index contributed by atoms with van der Waals surface area (Å²) in [6.45, 7) is 0. The van der Waals surface area contributed by atoms with E-state index in [2.05, 4.69) is 20.9 Å². The number of ether oxygens (including phenoxy) is 1. The van der Waals surface area contributed by atoms with Crippen LogP contribution >= 0.6 is 15.9 Å². The number of fused-ring (bicyclic) bond motifs is 1. The number of anilines is 1. The molecule has 3 nitrogen and oxygen atoms in total. The van der Waals surface area contributed by atoms with Crippen LogP contribution in [-0.2, 0) is 0 Å². The molecule has 4 heteroatoms. The molecule has 0 radical (unpaired) electrons. The molecule has 0 aliphatic rings. The SMILES string of the molecule is Nc1cncc(Br)c1Oc1cccc2ccccc12. The molecule has 0 aliphatic heterocycles. The zero-order valence-electron chi connectivity index (χ0n) is 10.0. The number of nitrogens with zero attached hydrogens (tertiary/aromatic N) is 1. The van der Waals surface area contributed by atoms with Crippen LogP contribution in [0.4, 0.5) is 5.69 Å². The van der Waals surface area contributed by atoms with Gasteiger partial charge in [-0.25, -0.2) is 0 Å². The maximum Gasteiger partial charge on any atom is 0.167 e. The maximum atomic E-state index is 5.94. The standard InChI is InChI=1S/C15H11BrN2O/c16-12-8-18-9-13(17)15(12)19-14-7-3-5-10-4-1-2-6-11(10)14/h1-9H,17H2. The minimum absolute atomic E-state index is 0.502. The molecule has 19 heavy (non-hydrogen) atoms. The largest absolute Gasteiger partial charge is 0.453 e. The molecule has 0 saturated carbocycles. The lowest BCUT2D eigenvalue weighted by Gasteiger charge is -2.11. The van der Waals surface area contributed by atoms with E-state index in [1.165, 1.54) is 0 Å². The zero-order chi connectivity index (χ0) is 13.2. The van der Waals surface area contributed by atoms with E-state index in [4.69, 9.17) is 10.5 Å². The van der Waals surface area contributed by atoms with Gasteiger partial charge in [-0.05, 0) is 27.4 Å². The number of aromatic nitrogens is 1. The number of hydrogen-bond donors (Lipinski definition) is 1. The Labute approximate surface area is 119 Å². The molecule has 2 N–H and O–H groups in total. The van der Waals surface area contributed by atoms with Gasteiger partial charge in [0.2, 0.25) is 0 Å². The first-order chi connectivity index (χ1) is 9.25. The second-order valence-corrected chi connectivity index (χ2v) is 4.97. The number of benzene rings is 2. The molecule has 0 aliphatic carbocycles. The van der Waals surface area contributed by atoms with Gasteiger partial charge in [-0.1, -0.05) is 36.4 Å². The molecule has 0 unspecified atom stereocenters. The number of nitrogen functional groups attached to an aromatic ring is 1. The van der Waals surface area contributed by atoms with E-state index in [9.17, 15) is 0 Å². The Kier molecular flexibility index (Phi) is 3.09. The number of rotatable bonds is 2. The van der Waals surface area contributed by atoms with Crippen molar-refractivity contribution >= 4 is 32.4 Å². The van der Waals surface area contributed by atoms with Gasteiger partial charge in [-0.15, -0.1) is 0 Å². The third kappa shape index (κ3) is 2.27. The first kappa shape index (κ1) is 12.0.